The summed E-state index contributed by atoms with van der Waals surface area (Å²) in [6, 6.07) is 8.85. The molecular formula is C16H17N5O4. The van der Waals surface area contributed by atoms with Gasteiger partial charge >= 0.3 is 5.97 Å². The summed E-state index contributed by atoms with van der Waals surface area (Å²) in [4.78, 5) is 24.4. The van der Waals surface area contributed by atoms with Gasteiger partial charge < -0.3 is 14.6 Å². The molecule has 3 aromatic rings. The molecule has 0 radical (unpaired) electrons. The fourth-order valence-corrected chi connectivity index (χ4v) is 2.31. The number of ether oxygens (including phenoxy) is 1. The first-order valence-corrected chi connectivity index (χ1v) is 7.78. The Morgan fingerprint density at radius 1 is 1.36 bits per heavy atom. The highest BCUT2D eigenvalue weighted by molar-refractivity contribution is 5.94. The lowest BCUT2D eigenvalue weighted by atomic mass is 10.2. The van der Waals surface area contributed by atoms with Crippen LogP contribution in [0, 0.1) is 6.92 Å². The summed E-state index contributed by atoms with van der Waals surface area (Å²) in [5.41, 5.74) is 1.40. The topological polar surface area (TPSA) is 112 Å². The summed E-state index contributed by atoms with van der Waals surface area (Å²) in [5, 5.41) is 14.1. The Kier molecular flexibility index (Phi) is 4.73. The van der Waals surface area contributed by atoms with Crippen LogP contribution in [0.5, 0.6) is 0 Å². The minimum absolute atomic E-state index is 0.132. The zero-order valence-electron chi connectivity index (χ0n) is 13.8. The van der Waals surface area contributed by atoms with Gasteiger partial charge in [-0.25, -0.2) is 4.68 Å². The predicted octanol–water partition coefficient (Wildman–Crippen LogP) is 1.69. The minimum Gasteiger partial charge on any atom is -0.451 e. The number of carbonyl (C=O) groups excluding carboxylic acids is 2. The van der Waals surface area contributed by atoms with Crippen LogP contribution in [0.4, 0.5) is 5.82 Å². The Morgan fingerprint density at radius 2 is 2.16 bits per heavy atom. The Hall–Kier alpha value is -3.23. The van der Waals surface area contributed by atoms with Crippen LogP contribution in [0.1, 0.15) is 19.1 Å². The average molecular weight is 343 g/mol. The van der Waals surface area contributed by atoms with E-state index in [-0.39, 0.29) is 12.4 Å². The van der Waals surface area contributed by atoms with E-state index in [1.807, 2.05) is 12.1 Å². The van der Waals surface area contributed by atoms with E-state index in [1.54, 1.807) is 32.0 Å². The molecule has 1 unspecified atom stereocenters. The number of anilines is 1. The quantitative estimate of drug-likeness (QED) is 0.678. The van der Waals surface area contributed by atoms with Gasteiger partial charge in [0.15, 0.2) is 11.9 Å². The Morgan fingerprint density at radius 3 is 2.88 bits per heavy atom. The Balaban J connectivity index is 1.62. The van der Waals surface area contributed by atoms with E-state index in [4.69, 9.17) is 9.26 Å². The molecule has 0 aliphatic heterocycles. The van der Waals surface area contributed by atoms with E-state index in [0.29, 0.717) is 17.7 Å². The second-order valence-corrected chi connectivity index (χ2v) is 5.43. The van der Waals surface area contributed by atoms with E-state index < -0.39 is 18.0 Å². The molecule has 2 aromatic heterocycles. The van der Waals surface area contributed by atoms with Crippen molar-refractivity contribution in [3.63, 3.8) is 0 Å². The molecule has 130 valence electrons. The summed E-state index contributed by atoms with van der Waals surface area (Å²) >= 11 is 0. The molecule has 1 atom stereocenters. The highest BCUT2D eigenvalue weighted by atomic mass is 16.5. The third kappa shape index (κ3) is 3.82. The zero-order valence-corrected chi connectivity index (χ0v) is 13.8. The van der Waals surface area contributed by atoms with Crippen LogP contribution in [-0.2, 0) is 20.9 Å². The number of hydrogen-bond acceptors (Lipinski definition) is 7. The monoisotopic (exact) mass is 343 g/mol. The maximum absolute atomic E-state index is 12.2. The summed E-state index contributed by atoms with van der Waals surface area (Å²) in [6.45, 7) is 3.33. The molecule has 0 spiro atoms. The lowest BCUT2D eigenvalue weighted by molar-refractivity contribution is -0.155. The smallest absolute Gasteiger partial charge is 0.328 e. The lowest BCUT2D eigenvalue weighted by Gasteiger charge is -2.15. The number of nitrogens with one attached hydrogen (secondary N) is 1. The third-order valence-electron chi connectivity index (χ3n) is 3.52. The first-order chi connectivity index (χ1) is 12.1. The maximum atomic E-state index is 12.2. The summed E-state index contributed by atoms with van der Waals surface area (Å²) in [6.07, 6.45) is -0.605. The third-order valence-corrected chi connectivity index (χ3v) is 3.52. The Bertz CT molecular complexity index is 901. The molecule has 9 nitrogen and oxygen atoms in total. The molecule has 0 bridgehead atoms. The van der Waals surface area contributed by atoms with Gasteiger partial charge in [-0.1, -0.05) is 29.4 Å². The molecule has 3 rings (SSSR count). The van der Waals surface area contributed by atoms with Gasteiger partial charge in [-0.05, 0) is 25.5 Å². The van der Waals surface area contributed by atoms with Crippen LogP contribution in [0.15, 0.2) is 34.9 Å². The highest BCUT2D eigenvalue weighted by Crippen LogP contribution is 2.12. The van der Waals surface area contributed by atoms with Crippen molar-refractivity contribution in [3.8, 4) is 0 Å². The fraction of sp³-hybridized carbons (Fsp3) is 0.312. The lowest BCUT2D eigenvalue weighted by Crippen LogP contribution is -2.33. The number of benzene rings is 1. The van der Waals surface area contributed by atoms with Crippen molar-refractivity contribution in [1.29, 1.82) is 0 Å². The van der Waals surface area contributed by atoms with Gasteiger partial charge in [0, 0.05) is 6.07 Å². The van der Waals surface area contributed by atoms with E-state index in [0.717, 1.165) is 5.52 Å². The number of aryl methyl sites for hydroxylation is 1. The van der Waals surface area contributed by atoms with Crippen molar-refractivity contribution in [2.75, 3.05) is 5.32 Å². The van der Waals surface area contributed by atoms with Crippen molar-refractivity contribution in [1.82, 2.24) is 20.2 Å². The normalized spacial score (nSPS) is 12.1. The SMILES string of the molecule is CCC(OC(=O)Cn1nnc2ccccc21)C(=O)Nc1cc(C)on1. The van der Waals surface area contributed by atoms with Crippen LogP contribution in [0.3, 0.4) is 0 Å². The second kappa shape index (κ2) is 7.12. The number of rotatable bonds is 6. The van der Waals surface area contributed by atoms with E-state index in [1.165, 1.54) is 4.68 Å². The summed E-state index contributed by atoms with van der Waals surface area (Å²) in [5.74, 6) is -0.195. The molecule has 1 amide bonds. The number of hydrogen-bond donors (Lipinski definition) is 1. The summed E-state index contributed by atoms with van der Waals surface area (Å²) < 4.78 is 11.6. The molecule has 0 aliphatic carbocycles. The molecule has 2 heterocycles. The fourth-order valence-electron chi connectivity index (χ4n) is 2.31. The maximum Gasteiger partial charge on any atom is 0.328 e. The first-order valence-electron chi connectivity index (χ1n) is 7.78. The second-order valence-electron chi connectivity index (χ2n) is 5.43. The zero-order chi connectivity index (χ0) is 17.8. The van der Waals surface area contributed by atoms with Crippen LogP contribution in [0.25, 0.3) is 11.0 Å². The number of amides is 1. The molecule has 0 aliphatic rings. The largest absolute Gasteiger partial charge is 0.451 e. The van der Waals surface area contributed by atoms with Crippen molar-refractivity contribution >= 4 is 28.7 Å². The number of fused-ring (bicyclic) bond motifs is 1. The van der Waals surface area contributed by atoms with Gasteiger partial charge in [-0.2, -0.15) is 0 Å². The minimum atomic E-state index is -0.931. The molecule has 0 saturated heterocycles. The van der Waals surface area contributed by atoms with Gasteiger partial charge in [0.2, 0.25) is 0 Å². The molecule has 1 N–H and O–H groups in total. The van der Waals surface area contributed by atoms with Crippen molar-refractivity contribution in [2.45, 2.75) is 32.9 Å². The van der Waals surface area contributed by atoms with Crippen LogP contribution in [0.2, 0.25) is 0 Å². The van der Waals surface area contributed by atoms with Crippen LogP contribution < -0.4 is 5.32 Å². The number of carbonyl (C=O) groups is 2. The van der Waals surface area contributed by atoms with E-state index >= 15 is 0 Å². The average Bonchev–Trinajstić information content (AvgIpc) is 3.19. The van der Waals surface area contributed by atoms with Crippen molar-refractivity contribution in [2.24, 2.45) is 0 Å². The van der Waals surface area contributed by atoms with Gasteiger partial charge in [0.1, 0.15) is 17.8 Å². The Labute approximate surface area is 142 Å². The number of esters is 1. The van der Waals surface area contributed by atoms with Gasteiger partial charge in [0.25, 0.3) is 5.91 Å². The number of para-hydroxylation sites is 1. The van der Waals surface area contributed by atoms with Crippen molar-refractivity contribution < 1.29 is 18.8 Å². The van der Waals surface area contributed by atoms with Crippen LogP contribution in [-0.4, -0.2) is 38.1 Å². The predicted molar refractivity (Wildman–Crippen MR) is 87.6 cm³/mol. The standard InChI is InChI=1S/C16H17N5O4/c1-3-13(16(23)17-14-8-10(2)25-19-14)24-15(22)9-21-12-7-5-4-6-11(12)18-20-21/h4-8,13H,3,9H2,1-2H3,(H,17,19,23). The molecule has 9 heteroatoms. The molecule has 0 fully saturated rings. The van der Waals surface area contributed by atoms with Crippen LogP contribution >= 0.6 is 0 Å². The van der Waals surface area contributed by atoms with E-state index in [9.17, 15) is 9.59 Å². The van der Waals surface area contributed by atoms with Gasteiger partial charge in [-0.15, -0.1) is 5.10 Å². The first kappa shape index (κ1) is 16.6. The molecule has 1 aromatic carbocycles. The van der Waals surface area contributed by atoms with Crippen molar-refractivity contribution in [3.05, 3.63) is 36.1 Å². The van der Waals surface area contributed by atoms with Gasteiger partial charge in [0.05, 0.1) is 5.52 Å². The number of aromatic nitrogens is 4. The van der Waals surface area contributed by atoms with Gasteiger partial charge in [-0.3, -0.25) is 9.59 Å². The molecule has 0 saturated carbocycles. The molecule has 25 heavy (non-hydrogen) atoms. The highest BCUT2D eigenvalue weighted by Gasteiger charge is 2.23. The molecular weight excluding hydrogens is 326 g/mol. The summed E-state index contributed by atoms with van der Waals surface area (Å²) in [7, 11) is 0. The number of nitrogens with zero attached hydrogens (tertiary/aromatic N) is 4. The van der Waals surface area contributed by atoms with E-state index in [2.05, 4.69) is 20.8 Å².